The van der Waals surface area contributed by atoms with Crippen LogP contribution < -0.4 is 10.2 Å². The minimum Gasteiger partial charge on any atom is -0.491 e. The van der Waals surface area contributed by atoms with Crippen molar-refractivity contribution in [2.45, 2.75) is 20.0 Å². The lowest BCUT2D eigenvalue weighted by molar-refractivity contribution is 0.0955. The standard InChI is InChI=1S/C19H18BrN3O2/c1-12(2)25-16-6-3-13(4-7-16)19(24)23-22-11-14-10-21-18-8-5-15(20)9-17(14)18/h3-12,21H,1-2H3,(H,23,24)/b22-11+. The number of nitrogens with one attached hydrogen (secondary N) is 2. The molecule has 0 unspecified atom stereocenters. The number of ether oxygens (including phenoxy) is 1. The van der Waals surface area contributed by atoms with Crippen molar-refractivity contribution < 1.29 is 9.53 Å². The van der Waals surface area contributed by atoms with E-state index in [-0.39, 0.29) is 12.0 Å². The monoisotopic (exact) mass is 399 g/mol. The Hall–Kier alpha value is -2.60. The molecule has 6 heteroatoms. The molecule has 2 aromatic carbocycles. The van der Waals surface area contributed by atoms with E-state index in [2.05, 4.69) is 31.4 Å². The number of carbonyl (C=O) groups excluding carboxylic acids is 1. The third kappa shape index (κ3) is 4.28. The Morgan fingerprint density at radius 2 is 2.00 bits per heavy atom. The Kier molecular flexibility index (Phi) is 5.19. The number of rotatable bonds is 5. The molecule has 1 aromatic heterocycles. The van der Waals surface area contributed by atoms with Gasteiger partial charge in [0.05, 0.1) is 12.3 Å². The van der Waals surface area contributed by atoms with Gasteiger partial charge in [0.25, 0.3) is 5.91 Å². The summed E-state index contributed by atoms with van der Waals surface area (Å²) >= 11 is 3.46. The van der Waals surface area contributed by atoms with Gasteiger partial charge in [0.1, 0.15) is 5.75 Å². The molecule has 25 heavy (non-hydrogen) atoms. The maximum Gasteiger partial charge on any atom is 0.271 e. The Labute approximate surface area is 154 Å². The fourth-order valence-corrected chi connectivity index (χ4v) is 2.76. The summed E-state index contributed by atoms with van der Waals surface area (Å²) in [4.78, 5) is 15.3. The summed E-state index contributed by atoms with van der Waals surface area (Å²) in [5.41, 5.74) is 4.98. The van der Waals surface area contributed by atoms with Gasteiger partial charge in [0, 0.05) is 32.7 Å². The van der Waals surface area contributed by atoms with E-state index < -0.39 is 0 Å². The molecule has 0 fully saturated rings. The van der Waals surface area contributed by atoms with Gasteiger partial charge < -0.3 is 9.72 Å². The number of fused-ring (bicyclic) bond motifs is 1. The SMILES string of the molecule is CC(C)Oc1ccc(C(=O)N/N=C/c2c[nH]c3ccc(Br)cc23)cc1. The lowest BCUT2D eigenvalue weighted by atomic mass is 10.2. The number of hydrogen-bond donors (Lipinski definition) is 2. The van der Waals surface area contributed by atoms with E-state index in [1.54, 1.807) is 30.5 Å². The van der Waals surface area contributed by atoms with Crippen molar-refractivity contribution in [2.24, 2.45) is 5.10 Å². The third-order valence-corrected chi connectivity index (χ3v) is 4.03. The van der Waals surface area contributed by atoms with E-state index in [9.17, 15) is 4.79 Å². The van der Waals surface area contributed by atoms with Crippen molar-refractivity contribution in [3.8, 4) is 5.75 Å². The molecular weight excluding hydrogens is 382 g/mol. The van der Waals surface area contributed by atoms with Gasteiger partial charge in [-0.3, -0.25) is 4.79 Å². The average Bonchev–Trinajstić information content (AvgIpc) is 2.97. The zero-order chi connectivity index (χ0) is 17.8. The molecule has 0 spiro atoms. The zero-order valence-electron chi connectivity index (χ0n) is 13.9. The third-order valence-electron chi connectivity index (χ3n) is 3.53. The maximum absolute atomic E-state index is 12.1. The van der Waals surface area contributed by atoms with Crippen molar-refractivity contribution in [2.75, 3.05) is 0 Å². The van der Waals surface area contributed by atoms with Gasteiger partial charge in [-0.2, -0.15) is 5.10 Å². The summed E-state index contributed by atoms with van der Waals surface area (Å²) in [7, 11) is 0. The molecule has 0 aliphatic rings. The van der Waals surface area contributed by atoms with Crippen LogP contribution >= 0.6 is 15.9 Å². The lowest BCUT2D eigenvalue weighted by Crippen LogP contribution is -2.17. The number of H-pyrrole nitrogens is 1. The van der Waals surface area contributed by atoms with Crippen LogP contribution in [0.4, 0.5) is 0 Å². The molecule has 0 aliphatic heterocycles. The van der Waals surface area contributed by atoms with Crippen LogP contribution in [0.15, 0.2) is 58.2 Å². The van der Waals surface area contributed by atoms with Gasteiger partial charge in [-0.25, -0.2) is 5.43 Å². The van der Waals surface area contributed by atoms with Gasteiger partial charge in [-0.1, -0.05) is 15.9 Å². The first-order valence-electron chi connectivity index (χ1n) is 7.89. The Bertz CT molecular complexity index is 914. The molecule has 0 atom stereocenters. The second-order valence-corrected chi connectivity index (χ2v) is 6.74. The quantitative estimate of drug-likeness (QED) is 0.490. The number of aromatic nitrogens is 1. The number of nitrogens with zero attached hydrogens (tertiary/aromatic N) is 1. The maximum atomic E-state index is 12.1. The number of benzene rings is 2. The summed E-state index contributed by atoms with van der Waals surface area (Å²) in [5.74, 6) is 0.466. The molecule has 3 aromatic rings. The Morgan fingerprint density at radius 1 is 1.24 bits per heavy atom. The molecular formula is C19H18BrN3O2. The molecule has 1 heterocycles. The van der Waals surface area contributed by atoms with E-state index in [4.69, 9.17) is 4.74 Å². The second-order valence-electron chi connectivity index (χ2n) is 5.82. The van der Waals surface area contributed by atoms with E-state index in [1.807, 2.05) is 38.2 Å². The first-order valence-corrected chi connectivity index (χ1v) is 8.69. The minimum absolute atomic E-state index is 0.0977. The molecule has 0 saturated heterocycles. The molecule has 3 rings (SSSR count). The van der Waals surface area contributed by atoms with Crippen molar-refractivity contribution >= 4 is 39.0 Å². The van der Waals surface area contributed by atoms with Gasteiger partial charge in [0.15, 0.2) is 0 Å². The summed E-state index contributed by atoms with van der Waals surface area (Å²) < 4.78 is 6.55. The van der Waals surface area contributed by atoms with Gasteiger partial charge in [-0.15, -0.1) is 0 Å². The summed E-state index contributed by atoms with van der Waals surface area (Å²) in [6, 6.07) is 12.9. The smallest absolute Gasteiger partial charge is 0.271 e. The molecule has 128 valence electrons. The first-order chi connectivity index (χ1) is 12.0. The number of halogens is 1. The molecule has 0 aliphatic carbocycles. The molecule has 0 bridgehead atoms. The van der Waals surface area contributed by atoms with Crippen molar-refractivity contribution in [3.05, 3.63) is 64.3 Å². The molecule has 0 saturated carbocycles. The van der Waals surface area contributed by atoms with Crippen LogP contribution in [0.5, 0.6) is 5.75 Å². The van der Waals surface area contributed by atoms with E-state index in [1.165, 1.54) is 0 Å². The van der Waals surface area contributed by atoms with Gasteiger partial charge >= 0.3 is 0 Å². The fraction of sp³-hybridized carbons (Fsp3) is 0.158. The van der Waals surface area contributed by atoms with Crippen LogP contribution in [0.25, 0.3) is 10.9 Å². The van der Waals surface area contributed by atoms with E-state index in [0.29, 0.717) is 5.56 Å². The van der Waals surface area contributed by atoms with Gasteiger partial charge in [-0.05, 0) is 56.3 Å². The largest absolute Gasteiger partial charge is 0.491 e. The van der Waals surface area contributed by atoms with Crippen LogP contribution in [0.3, 0.4) is 0 Å². The second kappa shape index (κ2) is 7.53. The van der Waals surface area contributed by atoms with Crippen molar-refractivity contribution in [3.63, 3.8) is 0 Å². The first kappa shape index (κ1) is 17.2. The highest BCUT2D eigenvalue weighted by Crippen LogP contribution is 2.21. The predicted octanol–water partition coefficient (Wildman–Crippen LogP) is 4.48. The topological polar surface area (TPSA) is 66.5 Å². The summed E-state index contributed by atoms with van der Waals surface area (Å²) in [6.45, 7) is 3.91. The number of carbonyl (C=O) groups is 1. The van der Waals surface area contributed by atoms with Crippen LogP contribution in [-0.4, -0.2) is 23.2 Å². The Morgan fingerprint density at radius 3 is 2.72 bits per heavy atom. The highest BCUT2D eigenvalue weighted by Gasteiger charge is 2.06. The zero-order valence-corrected chi connectivity index (χ0v) is 15.5. The number of hydrogen-bond acceptors (Lipinski definition) is 3. The fourth-order valence-electron chi connectivity index (χ4n) is 2.40. The highest BCUT2D eigenvalue weighted by molar-refractivity contribution is 9.10. The summed E-state index contributed by atoms with van der Waals surface area (Å²) in [5, 5.41) is 5.08. The van der Waals surface area contributed by atoms with E-state index in [0.717, 1.165) is 26.7 Å². The van der Waals surface area contributed by atoms with Crippen molar-refractivity contribution in [1.29, 1.82) is 0 Å². The number of aromatic amines is 1. The van der Waals surface area contributed by atoms with Crippen LogP contribution in [0.1, 0.15) is 29.8 Å². The lowest BCUT2D eigenvalue weighted by Gasteiger charge is -2.09. The van der Waals surface area contributed by atoms with Crippen LogP contribution in [0.2, 0.25) is 0 Å². The highest BCUT2D eigenvalue weighted by atomic mass is 79.9. The summed E-state index contributed by atoms with van der Waals surface area (Å²) in [6.07, 6.45) is 3.57. The predicted molar refractivity (Wildman–Crippen MR) is 103 cm³/mol. The molecule has 0 radical (unpaired) electrons. The molecule has 1 amide bonds. The number of amides is 1. The molecule has 5 nitrogen and oxygen atoms in total. The average molecular weight is 400 g/mol. The van der Waals surface area contributed by atoms with E-state index >= 15 is 0 Å². The Balaban J connectivity index is 1.66. The normalized spacial score (nSPS) is 11.4. The van der Waals surface area contributed by atoms with Crippen molar-refractivity contribution in [1.82, 2.24) is 10.4 Å². The number of hydrazone groups is 1. The van der Waals surface area contributed by atoms with Crippen LogP contribution in [0, 0.1) is 0 Å². The van der Waals surface area contributed by atoms with Crippen LogP contribution in [-0.2, 0) is 0 Å². The van der Waals surface area contributed by atoms with Gasteiger partial charge in [0.2, 0.25) is 0 Å². The molecule has 2 N–H and O–H groups in total. The minimum atomic E-state index is -0.270.